The second-order valence-electron chi connectivity index (χ2n) is 5.48. The summed E-state index contributed by atoms with van der Waals surface area (Å²) in [6, 6.07) is 8.94. The molecule has 0 amide bonds. The third kappa shape index (κ3) is 4.26. The molecule has 1 aromatic carbocycles. The molecule has 0 nitrogen and oxygen atoms in total. The molecule has 0 radical (unpaired) electrons. The van der Waals surface area contributed by atoms with E-state index in [9.17, 15) is 0 Å². The summed E-state index contributed by atoms with van der Waals surface area (Å²) in [4.78, 5) is 0. The van der Waals surface area contributed by atoms with Gasteiger partial charge in [0.05, 0.1) is 0 Å². The summed E-state index contributed by atoms with van der Waals surface area (Å²) in [5.41, 5.74) is 1.48. The molecule has 1 aromatic rings. The molecular formula is C15H25P. The molecule has 1 rings (SSSR count). The first-order valence-electron chi connectivity index (χ1n) is 6.31. The second-order valence-corrected chi connectivity index (χ2v) is 7.77. The van der Waals surface area contributed by atoms with Gasteiger partial charge in [-0.05, 0) is 42.0 Å². The fraction of sp³-hybridized carbons (Fsp3) is 0.600. The van der Waals surface area contributed by atoms with Gasteiger partial charge < -0.3 is 0 Å². The van der Waals surface area contributed by atoms with Crippen LogP contribution in [-0.2, 0) is 0 Å². The summed E-state index contributed by atoms with van der Waals surface area (Å²) < 4.78 is 0. The fourth-order valence-corrected chi connectivity index (χ4v) is 5.25. The Kier molecular flexibility index (Phi) is 5.49. The Hall–Kier alpha value is -0.350. The highest BCUT2D eigenvalue weighted by molar-refractivity contribution is 7.65. The van der Waals surface area contributed by atoms with E-state index >= 15 is 0 Å². The van der Waals surface area contributed by atoms with Crippen LogP contribution in [0.25, 0.3) is 0 Å². The van der Waals surface area contributed by atoms with E-state index in [1.54, 1.807) is 5.30 Å². The van der Waals surface area contributed by atoms with Gasteiger partial charge in [0.1, 0.15) is 0 Å². The summed E-state index contributed by atoms with van der Waals surface area (Å²) >= 11 is 0. The van der Waals surface area contributed by atoms with Gasteiger partial charge in [-0.3, -0.25) is 0 Å². The Balaban J connectivity index is 2.87. The van der Waals surface area contributed by atoms with E-state index in [4.69, 9.17) is 0 Å². The van der Waals surface area contributed by atoms with Crippen molar-refractivity contribution in [1.29, 1.82) is 0 Å². The van der Waals surface area contributed by atoms with E-state index in [2.05, 4.69) is 58.9 Å². The van der Waals surface area contributed by atoms with Crippen LogP contribution in [0, 0.1) is 18.8 Å². The Morgan fingerprint density at radius 1 is 0.938 bits per heavy atom. The zero-order valence-corrected chi connectivity index (χ0v) is 12.2. The quantitative estimate of drug-likeness (QED) is 0.664. The van der Waals surface area contributed by atoms with Gasteiger partial charge in [0.15, 0.2) is 0 Å². The van der Waals surface area contributed by atoms with Crippen molar-refractivity contribution < 1.29 is 0 Å². The topological polar surface area (TPSA) is 0 Å². The van der Waals surface area contributed by atoms with Crippen LogP contribution in [-0.4, -0.2) is 12.3 Å². The molecule has 90 valence electrons. The van der Waals surface area contributed by atoms with Gasteiger partial charge in [-0.15, -0.1) is 0 Å². The lowest BCUT2D eigenvalue weighted by molar-refractivity contribution is 0.721. The molecule has 16 heavy (non-hydrogen) atoms. The van der Waals surface area contributed by atoms with Crippen LogP contribution in [0.3, 0.4) is 0 Å². The SMILES string of the molecule is Cc1ccccc1P(CC(C)C)CC(C)C. The lowest BCUT2D eigenvalue weighted by Gasteiger charge is -2.23. The van der Waals surface area contributed by atoms with Crippen LogP contribution in [0.2, 0.25) is 0 Å². The highest BCUT2D eigenvalue weighted by Crippen LogP contribution is 2.39. The maximum atomic E-state index is 2.34. The molecule has 0 aliphatic rings. The molecule has 0 spiro atoms. The fourth-order valence-electron chi connectivity index (χ4n) is 2.07. The normalized spacial score (nSPS) is 11.8. The Morgan fingerprint density at radius 3 is 1.88 bits per heavy atom. The standard InChI is InChI=1S/C15H25P/c1-12(2)10-16(11-13(3)4)15-9-7-6-8-14(15)5/h6-9,12-13H,10-11H2,1-5H3. The van der Waals surface area contributed by atoms with E-state index in [1.165, 1.54) is 17.9 Å². The molecular weight excluding hydrogens is 211 g/mol. The summed E-state index contributed by atoms with van der Waals surface area (Å²) in [7, 11) is 0.0445. The Labute approximate surface area is 102 Å². The van der Waals surface area contributed by atoms with E-state index in [1.807, 2.05) is 0 Å². The molecule has 0 aromatic heterocycles. The number of benzene rings is 1. The summed E-state index contributed by atoms with van der Waals surface area (Å²) in [5, 5.41) is 1.62. The lowest BCUT2D eigenvalue weighted by atomic mass is 10.2. The van der Waals surface area contributed by atoms with Gasteiger partial charge >= 0.3 is 0 Å². The van der Waals surface area contributed by atoms with Gasteiger partial charge in [0.2, 0.25) is 0 Å². The van der Waals surface area contributed by atoms with E-state index < -0.39 is 0 Å². The highest BCUT2D eigenvalue weighted by atomic mass is 31.1. The Morgan fingerprint density at radius 2 is 1.44 bits per heavy atom. The van der Waals surface area contributed by atoms with Crippen molar-refractivity contribution in [1.82, 2.24) is 0 Å². The van der Waals surface area contributed by atoms with Crippen molar-refractivity contribution in [3.63, 3.8) is 0 Å². The summed E-state index contributed by atoms with van der Waals surface area (Å²) in [6.45, 7) is 11.6. The monoisotopic (exact) mass is 236 g/mol. The number of hydrogen-bond donors (Lipinski definition) is 0. The third-order valence-corrected chi connectivity index (χ3v) is 6.15. The molecule has 0 unspecified atom stereocenters. The number of aryl methyl sites for hydroxylation is 1. The van der Waals surface area contributed by atoms with Crippen molar-refractivity contribution in [2.45, 2.75) is 34.6 Å². The van der Waals surface area contributed by atoms with Gasteiger partial charge in [0.25, 0.3) is 0 Å². The number of hydrogen-bond acceptors (Lipinski definition) is 0. The van der Waals surface area contributed by atoms with Crippen LogP contribution in [0.15, 0.2) is 24.3 Å². The van der Waals surface area contributed by atoms with Crippen molar-refractivity contribution in [3.8, 4) is 0 Å². The minimum absolute atomic E-state index is 0.0445. The highest BCUT2D eigenvalue weighted by Gasteiger charge is 2.15. The average molecular weight is 236 g/mol. The number of rotatable bonds is 5. The van der Waals surface area contributed by atoms with Crippen molar-refractivity contribution in [2.75, 3.05) is 12.3 Å². The minimum Gasteiger partial charge on any atom is -0.0745 e. The lowest BCUT2D eigenvalue weighted by Crippen LogP contribution is -2.14. The smallest absolute Gasteiger partial charge is 0.0211 e. The minimum atomic E-state index is 0.0445. The molecule has 0 bridgehead atoms. The van der Waals surface area contributed by atoms with Crippen LogP contribution in [0.4, 0.5) is 0 Å². The molecule has 0 aliphatic carbocycles. The molecule has 0 heterocycles. The first-order chi connectivity index (χ1) is 7.50. The first-order valence-corrected chi connectivity index (χ1v) is 8.02. The molecule has 0 N–H and O–H groups in total. The predicted molar refractivity (Wildman–Crippen MR) is 77.1 cm³/mol. The van der Waals surface area contributed by atoms with Crippen LogP contribution >= 0.6 is 7.92 Å². The van der Waals surface area contributed by atoms with Crippen LogP contribution in [0.1, 0.15) is 33.3 Å². The van der Waals surface area contributed by atoms with E-state index in [0.29, 0.717) is 0 Å². The van der Waals surface area contributed by atoms with E-state index in [0.717, 1.165) is 11.8 Å². The molecule has 0 fully saturated rings. The van der Waals surface area contributed by atoms with Crippen molar-refractivity contribution in [2.24, 2.45) is 11.8 Å². The Bertz CT molecular complexity index is 305. The summed E-state index contributed by atoms with van der Waals surface area (Å²) in [6.07, 6.45) is 2.75. The second kappa shape index (κ2) is 6.40. The van der Waals surface area contributed by atoms with Gasteiger partial charge in [0, 0.05) is 0 Å². The molecule has 0 atom stereocenters. The van der Waals surface area contributed by atoms with Crippen molar-refractivity contribution >= 4 is 13.2 Å². The molecule has 0 aliphatic heterocycles. The van der Waals surface area contributed by atoms with Gasteiger partial charge in [-0.1, -0.05) is 59.9 Å². The molecule has 0 saturated heterocycles. The summed E-state index contributed by atoms with van der Waals surface area (Å²) in [5.74, 6) is 1.62. The largest absolute Gasteiger partial charge is 0.0745 e. The van der Waals surface area contributed by atoms with E-state index in [-0.39, 0.29) is 7.92 Å². The van der Waals surface area contributed by atoms with Crippen LogP contribution < -0.4 is 5.30 Å². The predicted octanol–water partition coefficient (Wildman–Crippen LogP) is 4.41. The third-order valence-electron chi connectivity index (χ3n) is 2.63. The van der Waals surface area contributed by atoms with Crippen molar-refractivity contribution in [3.05, 3.63) is 29.8 Å². The zero-order valence-electron chi connectivity index (χ0n) is 11.3. The average Bonchev–Trinajstić information content (AvgIpc) is 2.15. The molecule has 1 heteroatoms. The maximum absolute atomic E-state index is 2.34. The van der Waals surface area contributed by atoms with Gasteiger partial charge in [-0.2, -0.15) is 0 Å². The first kappa shape index (κ1) is 13.7. The van der Waals surface area contributed by atoms with Crippen LogP contribution in [0.5, 0.6) is 0 Å². The molecule has 0 saturated carbocycles. The maximum Gasteiger partial charge on any atom is -0.0211 e. The zero-order chi connectivity index (χ0) is 12.1. The van der Waals surface area contributed by atoms with Gasteiger partial charge in [-0.25, -0.2) is 0 Å².